The van der Waals surface area contributed by atoms with Gasteiger partial charge in [0, 0.05) is 25.3 Å². The standard InChI is InChI=1S/C12H17NO6S/c1-3-18-12(19-4-2)9-20(16,17)11-7-5-10(6-8-11)13(14)15/h5-8,12H,3-4,9H2,1-2H3. The predicted molar refractivity (Wildman–Crippen MR) is 72.2 cm³/mol. The highest BCUT2D eigenvalue weighted by atomic mass is 32.2. The highest BCUT2D eigenvalue weighted by Crippen LogP contribution is 2.18. The van der Waals surface area contributed by atoms with E-state index in [1.165, 1.54) is 12.1 Å². The Kier molecular flexibility index (Phi) is 6.05. The number of hydrogen-bond acceptors (Lipinski definition) is 6. The molecule has 0 saturated heterocycles. The first-order valence-corrected chi connectivity index (χ1v) is 7.76. The zero-order valence-electron chi connectivity index (χ0n) is 11.3. The van der Waals surface area contributed by atoms with Crippen molar-refractivity contribution in [3.05, 3.63) is 34.4 Å². The van der Waals surface area contributed by atoms with Gasteiger partial charge < -0.3 is 9.47 Å². The van der Waals surface area contributed by atoms with E-state index in [-0.39, 0.29) is 16.3 Å². The molecule has 0 spiro atoms. The molecule has 0 radical (unpaired) electrons. The SMILES string of the molecule is CCOC(CS(=O)(=O)c1ccc([N+](=O)[O-])cc1)OCC. The topological polar surface area (TPSA) is 95.7 Å². The Morgan fingerprint density at radius 1 is 1.15 bits per heavy atom. The number of benzene rings is 1. The van der Waals surface area contributed by atoms with Crippen LogP contribution in [0.5, 0.6) is 0 Å². The summed E-state index contributed by atoms with van der Waals surface area (Å²) < 4.78 is 34.7. The Morgan fingerprint density at radius 2 is 1.65 bits per heavy atom. The van der Waals surface area contributed by atoms with Crippen LogP contribution in [-0.2, 0) is 19.3 Å². The molecule has 0 heterocycles. The molecular weight excluding hydrogens is 286 g/mol. The van der Waals surface area contributed by atoms with Gasteiger partial charge in [0.15, 0.2) is 16.1 Å². The molecule has 0 N–H and O–H groups in total. The van der Waals surface area contributed by atoms with Gasteiger partial charge in [0.05, 0.1) is 9.82 Å². The van der Waals surface area contributed by atoms with Crippen LogP contribution < -0.4 is 0 Å². The molecule has 7 nitrogen and oxygen atoms in total. The van der Waals surface area contributed by atoms with E-state index in [4.69, 9.17) is 9.47 Å². The predicted octanol–water partition coefficient (Wildman–Crippen LogP) is 1.77. The molecule has 0 aromatic heterocycles. The van der Waals surface area contributed by atoms with Gasteiger partial charge in [-0.05, 0) is 26.0 Å². The quantitative estimate of drug-likeness (QED) is 0.412. The molecule has 0 aliphatic carbocycles. The summed E-state index contributed by atoms with van der Waals surface area (Å²) in [4.78, 5) is 9.95. The normalized spacial score (nSPS) is 11.8. The van der Waals surface area contributed by atoms with Crippen molar-refractivity contribution in [3.8, 4) is 0 Å². The molecule has 20 heavy (non-hydrogen) atoms. The summed E-state index contributed by atoms with van der Waals surface area (Å²) in [5, 5.41) is 10.5. The lowest BCUT2D eigenvalue weighted by atomic mass is 10.3. The fourth-order valence-electron chi connectivity index (χ4n) is 1.57. The number of rotatable bonds is 8. The molecule has 1 aromatic carbocycles. The van der Waals surface area contributed by atoms with Crippen LogP contribution in [0.4, 0.5) is 5.69 Å². The summed E-state index contributed by atoms with van der Waals surface area (Å²) in [6.07, 6.45) is -0.842. The van der Waals surface area contributed by atoms with Crippen molar-refractivity contribution in [1.29, 1.82) is 0 Å². The van der Waals surface area contributed by atoms with Crippen LogP contribution in [0.25, 0.3) is 0 Å². The number of nitrogens with zero attached hydrogens (tertiary/aromatic N) is 1. The van der Waals surface area contributed by atoms with Crippen molar-refractivity contribution >= 4 is 15.5 Å². The van der Waals surface area contributed by atoms with Crippen molar-refractivity contribution in [2.45, 2.75) is 25.0 Å². The summed E-state index contributed by atoms with van der Waals surface area (Å²) in [5.41, 5.74) is -0.157. The largest absolute Gasteiger partial charge is 0.352 e. The number of sulfone groups is 1. The fraction of sp³-hybridized carbons (Fsp3) is 0.500. The van der Waals surface area contributed by atoms with E-state index in [1.54, 1.807) is 13.8 Å². The van der Waals surface area contributed by atoms with Crippen molar-refractivity contribution in [2.24, 2.45) is 0 Å². The molecule has 1 rings (SSSR count). The molecular formula is C12H17NO6S. The molecule has 1 aromatic rings. The first kappa shape index (κ1) is 16.5. The van der Waals surface area contributed by atoms with Crippen molar-refractivity contribution < 1.29 is 22.8 Å². The Hall–Kier alpha value is -1.51. The molecule has 0 bridgehead atoms. The zero-order valence-corrected chi connectivity index (χ0v) is 12.1. The first-order valence-electron chi connectivity index (χ1n) is 6.11. The van der Waals surface area contributed by atoms with E-state index in [0.717, 1.165) is 12.1 Å². The summed E-state index contributed by atoms with van der Waals surface area (Å²) in [5.74, 6) is -0.327. The van der Waals surface area contributed by atoms with Gasteiger partial charge in [-0.25, -0.2) is 8.42 Å². The van der Waals surface area contributed by atoms with Crippen LogP contribution in [0.15, 0.2) is 29.2 Å². The minimum atomic E-state index is -3.62. The van der Waals surface area contributed by atoms with Crippen molar-refractivity contribution in [2.75, 3.05) is 19.0 Å². The molecule has 0 saturated carbocycles. The third-order valence-electron chi connectivity index (χ3n) is 2.47. The average Bonchev–Trinajstić information content (AvgIpc) is 2.39. The maximum Gasteiger partial charge on any atom is 0.269 e. The van der Waals surface area contributed by atoms with Crippen LogP contribution in [0.1, 0.15) is 13.8 Å². The molecule has 0 fully saturated rings. The van der Waals surface area contributed by atoms with Gasteiger partial charge in [-0.3, -0.25) is 10.1 Å². The highest BCUT2D eigenvalue weighted by molar-refractivity contribution is 7.91. The van der Waals surface area contributed by atoms with E-state index in [2.05, 4.69) is 0 Å². The monoisotopic (exact) mass is 303 g/mol. The van der Waals surface area contributed by atoms with Crippen LogP contribution >= 0.6 is 0 Å². The summed E-state index contributed by atoms with van der Waals surface area (Å²) >= 11 is 0. The zero-order chi connectivity index (χ0) is 15.2. The molecule has 0 atom stereocenters. The first-order chi connectivity index (χ1) is 9.40. The lowest BCUT2D eigenvalue weighted by molar-refractivity contribution is -0.384. The Bertz CT molecular complexity index is 534. The number of ether oxygens (including phenoxy) is 2. The smallest absolute Gasteiger partial charge is 0.269 e. The van der Waals surface area contributed by atoms with E-state index in [9.17, 15) is 18.5 Å². The summed E-state index contributed by atoms with van der Waals surface area (Å²) in [6.45, 7) is 4.15. The van der Waals surface area contributed by atoms with Crippen molar-refractivity contribution in [3.63, 3.8) is 0 Å². The number of nitro benzene ring substituents is 1. The molecule has 8 heteroatoms. The van der Waals surface area contributed by atoms with Gasteiger partial charge in [0.25, 0.3) is 5.69 Å². The van der Waals surface area contributed by atoms with E-state index in [0.29, 0.717) is 13.2 Å². The molecule has 0 amide bonds. The summed E-state index contributed by atoms with van der Waals surface area (Å²) in [6, 6.07) is 4.73. The van der Waals surface area contributed by atoms with Gasteiger partial charge in [-0.1, -0.05) is 0 Å². The van der Waals surface area contributed by atoms with Crippen LogP contribution in [0.2, 0.25) is 0 Å². The summed E-state index contributed by atoms with van der Waals surface area (Å²) in [7, 11) is -3.62. The number of hydrogen-bond donors (Lipinski definition) is 0. The van der Waals surface area contributed by atoms with E-state index >= 15 is 0 Å². The third kappa shape index (κ3) is 4.55. The highest BCUT2D eigenvalue weighted by Gasteiger charge is 2.22. The Morgan fingerprint density at radius 3 is 2.05 bits per heavy atom. The van der Waals surface area contributed by atoms with Crippen molar-refractivity contribution in [1.82, 2.24) is 0 Å². The van der Waals surface area contributed by atoms with Crippen LogP contribution in [0, 0.1) is 10.1 Å². The lowest BCUT2D eigenvalue weighted by Gasteiger charge is -2.16. The van der Waals surface area contributed by atoms with Gasteiger partial charge >= 0.3 is 0 Å². The minimum absolute atomic E-state index is 0.00695. The fourth-order valence-corrected chi connectivity index (χ4v) is 2.86. The van der Waals surface area contributed by atoms with E-state index in [1.807, 2.05) is 0 Å². The second-order valence-corrected chi connectivity index (χ2v) is 5.91. The maximum atomic E-state index is 12.1. The van der Waals surface area contributed by atoms with Gasteiger partial charge in [0.2, 0.25) is 0 Å². The Balaban J connectivity index is 2.89. The third-order valence-corrected chi connectivity index (χ3v) is 4.17. The van der Waals surface area contributed by atoms with Crippen LogP contribution in [0.3, 0.4) is 0 Å². The number of non-ortho nitro benzene ring substituents is 1. The van der Waals surface area contributed by atoms with E-state index < -0.39 is 21.1 Å². The molecule has 112 valence electrons. The molecule has 0 unspecified atom stereocenters. The van der Waals surface area contributed by atoms with Gasteiger partial charge in [-0.2, -0.15) is 0 Å². The van der Waals surface area contributed by atoms with Gasteiger partial charge in [-0.15, -0.1) is 0 Å². The Labute approximate surface area is 117 Å². The second-order valence-electron chi connectivity index (χ2n) is 3.87. The average molecular weight is 303 g/mol. The molecule has 0 aliphatic rings. The van der Waals surface area contributed by atoms with Gasteiger partial charge in [0.1, 0.15) is 5.75 Å². The second kappa shape index (κ2) is 7.32. The number of nitro groups is 1. The molecule has 0 aliphatic heterocycles. The van der Waals surface area contributed by atoms with Crippen LogP contribution in [-0.4, -0.2) is 38.6 Å². The minimum Gasteiger partial charge on any atom is -0.352 e. The lowest BCUT2D eigenvalue weighted by Crippen LogP contribution is -2.27. The maximum absolute atomic E-state index is 12.1.